The number of rotatable bonds is 6. The van der Waals surface area contributed by atoms with Gasteiger partial charge in [0.25, 0.3) is 6.43 Å². The first kappa shape index (κ1) is 16.5. The second kappa shape index (κ2) is 6.73. The van der Waals surface area contributed by atoms with Crippen LogP contribution in [-0.4, -0.2) is 38.5 Å². The standard InChI is InChI=1S/C11H14F2N2O4S/c1-7(16)15-8-2-4-9(5-3-8)20(18,19)14-6-10(17)11(12)13/h2-5,10-11,14,17H,6H2,1H3,(H,15,16). The number of hydrogen-bond acceptors (Lipinski definition) is 4. The molecule has 0 fully saturated rings. The molecule has 1 aromatic rings. The number of carbonyl (C=O) groups excluding carboxylic acids is 1. The van der Waals surface area contributed by atoms with Gasteiger partial charge in [-0.3, -0.25) is 4.79 Å². The van der Waals surface area contributed by atoms with E-state index < -0.39 is 29.1 Å². The molecule has 0 saturated heterocycles. The van der Waals surface area contributed by atoms with Crippen LogP contribution in [0.2, 0.25) is 0 Å². The van der Waals surface area contributed by atoms with Crippen molar-refractivity contribution in [2.24, 2.45) is 0 Å². The maximum atomic E-state index is 12.1. The molecule has 0 spiro atoms. The Balaban J connectivity index is 2.75. The highest BCUT2D eigenvalue weighted by atomic mass is 32.2. The topological polar surface area (TPSA) is 95.5 Å². The molecule has 9 heteroatoms. The average Bonchev–Trinajstić information content (AvgIpc) is 2.35. The minimum atomic E-state index is -3.99. The Morgan fingerprint density at radius 3 is 2.30 bits per heavy atom. The number of amides is 1. The van der Waals surface area contributed by atoms with Crippen LogP contribution in [0.4, 0.5) is 14.5 Å². The van der Waals surface area contributed by atoms with Crippen molar-refractivity contribution in [3.63, 3.8) is 0 Å². The van der Waals surface area contributed by atoms with Crippen LogP contribution in [0.1, 0.15) is 6.92 Å². The van der Waals surface area contributed by atoms with E-state index in [0.29, 0.717) is 5.69 Å². The maximum absolute atomic E-state index is 12.1. The third-order valence-corrected chi connectivity index (χ3v) is 3.70. The summed E-state index contributed by atoms with van der Waals surface area (Å²) in [5.41, 5.74) is 0.407. The van der Waals surface area contributed by atoms with Gasteiger partial charge in [0.15, 0.2) is 0 Å². The molecule has 0 aliphatic heterocycles. The molecule has 0 aliphatic carbocycles. The first-order valence-corrected chi connectivity index (χ1v) is 7.04. The number of halogens is 2. The molecule has 0 radical (unpaired) electrons. The van der Waals surface area contributed by atoms with Crippen molar-refractivity contribution in [3.8, 4) is 0 Å². The van der Waals surface area contributed by atoms with Crippen molar-refractivity contribution in [1.82, 2.24) is 4.72 Å². The molecular formula is C11H14F2N2O4S. The fourth-order valence-electron chi connectivity index (χ4n) is 1.29. The van der Waals surface area contributed by atoms with Gasteiger partial charge >= 0.3 is 0 Å². The molecule has 0 aromatic heterocycles. The van der Waals surface area contributed by atoms with E-state index in [1.165, 1.54) is 31.2 Å². The van der Waals surface area contributed by atoms with Crippen LogP contribution in [0.25, 0.3) is 0 Å². The van der Waals surface area contributed by atoms with E-state index in [1.807, 2.05) is 4.72 Å². The van der Waals surface area contributed by atoms with Crippen LogP contribution in [0.5, 0.6) is 0 Å². The van der Waals surface area contributed by atoms with Crippen LogP contribution in [-0.2, 0) is 14.8 Å². The molecule has 112 valence electrons. The first-order valence-electron chi connectivity index (χ1n) is 5.56. The summed E-state index contributed by atoms with van der Waals surface area (Å²) < 4.78 is 49.5. The number of sulfonamides is 1. The summed E-state index contributed by atoms with van der Waals surface area (Å²) in [6.45, 7) is 0.519. The van der Waals surface area contributed by atoms with Crippen molar-refractivity contribution in [3.05, 3.63) is 24.3 Å². The Morgan fingerprint density at radius 2 is 1.85 bits per heavy atom. The van der Waals surface area contributed by atoms with Crippen molar-refractivity contribution in [2.45, 2.75) is 24.3 Å². The van der Waals surface area contributed by atoms with Crippen LogP contribution in [0.15, 0.2) is 29.2 Å². The minimum Gasteiger partial charge on any atom is -0.386 e. The lowest BCUT2D eigenvalue weighted by atomic mass is 10.3. The molecule has 1 aromatic carbocycles. The zero-order valence-electron chi connectivity index (χ0n) is 10.5. The van der Waals surface area contributed by atoms with Gasteiger partial charge in [-0.05, 0) is 24.3 Å². The highest BCUT2D eigenvalue weighted by molar-refractivity contribution is 7.89. The monoisotopic (exact) mass is 308 g/mol. The van der Waals surface area contributed by atoms with Gasteiger partial charge in [0.1, 0.15) is 6.10 Å². The van der Waals surface area contributed by atoms with Gasteiger partial charge < -0.3 is 10.4 Å². The number of carbonyl (C=O) groups is 1. The largest absolute Gasteiger partial charge is 0.386 e. The molecule has 1 amide bonds. The van der Waals surface area contributed by atoms with E-state index in [9.17, 15) is 22.0 Å². The lowest BCUT2D eigenvalue weighted by Crippen LogP contribution is -2.35. The molecular weight excluding hydrogens is 294 g/mol. The number of anilines is 1. The Bertz CT molecular complexity index is 560. The Kier molecular flexibility index (Phi) is 5.54. The van der Waals surface area contributed by atoms with Gasteiger partial charge in [0.2, 0.25) is 15.9 Å². The summed E-state index contributed by atoms with van der Waals surface area (Å²) in [7, 11) is -3.99. The van der Waals surface area contributed by atoms with Gasteiger partial charge in [0.05, 0.1) is 4.90 Å². The fourth-order valence-corrected chi connectivity index (χ4v) is 2.34. The molecule has 0 aliphatic rings. The van der Waals surface area contributed by atoms with Gasteiger partial charge in [-0.2, -0.15) is 0 Å². The zero-order chi connectivity index (χ0) is 15.3. The zero-order valence-corrected chi connectivity index (χ0v) is 11.3. The van der Waals surface area contributed by atoms with E-state index >= 15 is 0 Å². The van der Waals surface area contributed by atoms with Gasteiger partial charge in [-0.15, -0.1) is 0 Å². The molecule has 1 atom stereocenters. The average molecular weight is 308 g/mol. The SMILES string of the molecule is CC(=O)Nc1ccc(S(=O)(=O)NCC(O)C(F)F)cc1. The Labute approximate surface area is 114 Å². The summed E-state index contributed by atoms with van der Waals surface area (Å²) in [6.07, 6.45) is -5.09. The van der Waals surface area contributed by atoms with Gasteiger partial charge in [-0.1, -0.05) is 0 Å². The molecule has 1 rings (SSSR count). The van der Waals surface area contributed by atoms with Gasteiger partial charge in [-0.25, -0.2) is 21.9 Å². The second-order valence-corrected chi connectivity index (χ2v) is 5.73. The molecule has 3 N–H and O–H groups in total. The molecule has 0 bridgehead atoms. The molecule has 20 heavy (non-hydrogen) atoms. The Hall–Kier alpha value is -1.58. The molecule has 6 nitrogen and oxygen atoms in total. The number of aliphatic hydroxyl groups excluding tert-OH is 1. The van der Waals surface area contributed by atoms with Gasteiger partial charge in [0, 0.05) is 19.2 Å². The summed E-state index contributed by atoms with van der Waals surface area (Å²) >= 11 is 0. The second-order valence-electron chi connectivity index (χ2n) is 3.96. The van der Waals surface area contributed by atoms with Crippen LogP contribution in [0, 0.1) is 0 Å². The first-order chi connectivity index (χ1) is 9.22. The number of nitrogens with one attached hydrogen (secondary N) is 2. The predicted molar refractivity (Wildman–Crippen MR) is 67.9 cm³/mol. The van der Waals surface area contributed by atoms with E-state index in [4.69, 9.17) is 5.11 Å². The lowest BCUT2D eigenvalue weighted by Gasteiger charge is -2.11. The molecule has 1 unspecified atom stereocenters. The summed E-state index contributed by atoms with van der Waals surface area (Å²) in [5.74, 6) is -0.307. The number of benzene rings is 1. The number of aliphatic hydroxyl groups is 1. The predicted octanol–water partition coefficient (Wildman–Crippen LogP) is 0.549. The third kappa shape index (κ3) is 4.83. The van der Waals surface area contributed by atoms with E-state index in [2.05, 4.69) is 5.32 Å². The minimum absolute atomic E-state index is 0.159. The number of hydrogen-bond donors (Lipinski definition) is 3. The lowest BCUT2D eigenvalue weighted by molar-refractivity contribution is -0.114. The van der Waals surface area contributed by atoms with Crippen molar-refractivity contribution >= 4 is 21.6 Å². The van der Waals surface area contributed by atoms with Crippen molar-refractivity contribution in [2.75, 3.05) is 11.9 Å². The third-order valence-electron chi connectivity index (χ3n) is 2.26. The summed E-state index contributed by atoms with van der Waals surface area (Å²) in [5, 5.41) is 11.3. The van der Waals surface area contributed by atoms with Crippen molar-refractivity contribution in [1.29, 1.82) is 0 Å². The smallest absolute Gasteiger partial charge is 0.265 e. The molecule has 0 heterocycles. The van der Waals surface area contributed by atoms with Crippen LogP contribution >= 0.6 is 0 Å². The summed E-state index contributed by atoms with van der Waals surface area (Å²) in [6, 6.07) is 5.14. The quantitative estimate of drug-likeness (QED) is 0.715. The highest BCUT2D eigenvalue weighted by Crippen LogP contribution is 2.14. The number of alkyl halides is 2. The maximum Gasteiger partial charge on any atom is 0.265 e. The van der Waals surface area contributed by atoms with E-state index in [1.54, 1.807) is 0 Å². The van der Waals surface area contributed by atoms with E-state index in [-0.39, 0.29) is 10.8 Å². The molecule has 0 saturated carbocycles. The van der Waals surface area contributed by atoms with Crippen LogP contribution in [0.3, 0.4) is 0 Å². The van der Waals surface area contributed by atoms with Crippen molar-refractivity contribution < 1.29 is 27.1 Å². The van der Waals surface area contributed by atoms with Crippen LogP contribution < -0.4 is 10.0 Å². The summed E-state index contributed by atoms with van der Waals surface area (Å²) in [4.78, 5) is 10.6. The fraction of sp³-hybridized carbons (Fsp3) is 0.364. The normalized spacial score (nSPS) is 13.2. The Morgan fingerprint density at radius 1 is 1.30 bits per heavy atom. The highest BCUT2D eigenvalue weighted by Gasteiger charge is 2.21. The van der Waals surface area contributed by atoms with E-state index in [0.717, 1.165) is 0 Å².